The van der Waals surface area contributed by atoms with E-state index in [1.165, 1.54) is 32.1 Å². The van der Waals surface area contributed by atoms with Crippen LogP contribution in [0, 0.1) is 12.8 Å². The average molecular weight is 272 g/mol. The maximum absolute atomic E-state index is 10.3. The Kier molecular flexibility index (Phi) is 4.11. The van der Waals surface area contributed by atoms with Gasteiger partial charge in [-0.2, -0.15) is 0 Å². The molecule has 0 spiro atoms. The zero-order valence-corrected chi connectivity index (χ0v) is 12.3. The van der Waals surface area contributed by atoms with Gasteiger partial charge in [-0.1, -0.05) is 50.3 Å². The summed E-state index contributed by atoms with van der Waals surface area (Å²) in [6, 6.07) is 8.12. The Morgan fingerprint density at radius 3 is 2.80 bits per heavy atom. The Labute approximate surface area is 120 Å². The second-order valence-corrected chi connectivity index (χ2v) is 6.24. The van der Waals surface area contributed by atoms with Gasteiger partial charge in [-0.15, -0.1) is 0 Å². The van der Waals surface area contributed by atoms with Gasteiger partial charge in [0.1, 0.15) is 17.4 Å². The van der Waals surface area contributed by atoms with Crippen LogP contribution in [-0.4, -0.2) is 5.11 Å². The second-order valence-electron chi connectivity index (χ2n) is 6.24. The average Bonchev–Trinajstić information content (AvgIpc) is 2.91. The fraction of sp³-hybridized carbons (Fsp3) is 0.556. The Morgan fingerprint density at radius 2 is 2.05 bits per heavy atom. The molecule has 2 nitrogen and oxygen atoms in total. The number of rotatable bonds is 4. The number of fused-ring (bicyclic) bond motifs is 1. The van der Waals surface area contributed by atoms with E-state index in [0.29, 0.717) is 0 Å². The van der Waals surface area contributed by atoms with Gasteiger partial charge >= 0.3 is 0 Å². The predicted molar refractivity (Wildman–Crippen MR) is 81.7 cm³/mol. The Bertz CT molecular complexity index is 564. The highest BCUT2D eigenvalue weighted by atomic mass is 16.4. The van der Waals surface area contributed by atoms with E-state index in [4.69, 9.17) is 4.42 Å². The van der Waals surface area contributed by atoms with Gasteiger partial charge in [0.2, 0.25) is 0 Å². The number of hydrogen-bond donors (Lipinski definition) is 1. The fourth-order valence-corrected chi connectivity index (χ4v) is 3.40. The lowest BCUT2D eigenvalue weighted by Gasteiger charge is -2.22. The molecule has 2 heteroatoms. The highest BCUT2D eigenvalue weighted by Crippen LogP contribution is 2.32. The van der Waals surface area contributed by atoms with Crippen LogP contribution >= 0.6 is 0 Å². The SMILES string of the molecule is Cc1cccc2cc(C(O)CCC3CCCCC3)oc12. The van der Waals surface area contributed by atoms with Crippen LogP contribution in [0.2, 0.25) is 0 Å². The summed E-state index contributed by atoms with van der Waals surface area (Å²) in [5.74, 6) is 1.54. The highest BCUT2D eigenvalue weighted by molar-refractivity contribution is 5.80. The smallest absolute Gasteiger partial charge is 0.137 e. The summed E-state index contributed by atoms with van der Waals surface area (Å²) in [7, 11) is 0. The highest BCUT2D eigenvalue weighted by Gasteiger charge is 2.18. The molecule has 1 atom stereocenters. The van der Waals surface area contributed by atoms with Gasteiger partial charge in [0.05, 0.1) is 0 Å². The first-order chi connectivity index (χ1) is 9.74. The Hall–Kier alpha value is -1.28. The maximum atomic E-state index is 10.3. The van der Waals surface area contributed by atoms with Crippen molar-refractivity contribution < 1.29 is 9.52 Å². The zero-order chi connectivity index (χ0) is 13.9. The first-order valence-corrected chi connectivity index (χ1v) is 7.91. The third kappa shape index (κ3) is 2.90. The van der Waals surface area contributed by atoms with Crippen LogP contribution in [0.5, 0.6) is 0 Å². The number of aliphatic hydroxyl groups excluding tert-OH is 1. The van der Waals surface area contributed by atoms with E-state index in [2.05, 4.69) is 0 Å². The van der Waals surface area contributed by atoms with Gasteiger partial charge in [0.15, 0.2) is 0 Å². The molecule has 20 heavy (non-hydrogen) atoms. The number of benzene rings is 1. The molecule has 1 fully saturated rings. The Morgan fingerprint density at radius 1 is 1.25 bits per heavy atom. The van der Waals surface area contributed by atoms with Crippen molar-refractivity contribution in [2.24, 2.45) is 5.92 Å². The van der Waals surface area contributed by atoms with Crippen molar-refractivity contribution in [3.05, 3.63) is 35.6 Å². The lowest BCUT2D eigenvalue weighted by atomic mass is 9.85. The Balaban J connectivity index is 1.65. The van der Waals surface area contributed by atoms with Crippen molar-refractivity contribution in [3.8, 4) is 0 Å². The van der Waals surface area contributed by atoms with Gasteiger partial charge in [-0.3, -0.25) is 0 Å². The molecule has 1 unspecified atom stereocenters. The molecule has 0 amide bonds. The van der Waals surface area contributed by atoms with Crippen molar-refractivity contribution in [1.82, 2.24) is 0 Å². The normalized spacial score (nSPS) is 18.5. The molecule has 0 bridgehead atoms. The maximum Gasteiger partial charge on any atom is 0.137 e. The van der Waals surface area contributed by atoms with Crippen LogP contribution in [0.4, 0.5) is 0 Å². The molecule has 1 aromatic heterocycles. The van der Waals surface area contributed by atoms with Crippen molar-refractivity contribution in [3.63, 3.8) is 0 Å². The predicted octanol–water partition coefficient (Wildman–Crippen LogP) is 5.14. The molecule has 1 aliphatic rings. The van der Waals surface area contributed by atoms with Crippen LogP contribution in [0.15, 0.2) is 28.7 Å². The van der Waals surface area contributed by atoms with E-state index < -0.39 is 6.10 Å². The van der Waals surface area contributed by atoms with Gasteiger partial charge in [0.25, 0.3) is 0 Å². The second kappa shape index (κ2) is 6.01. The quantitative estimate of drug-likeness (QED) is 0.836. The van der Waals surface area contributed by atoms with E-state index in [-0.39, 0.29) is 0 Å². The lowest BCUT2D eigenvalue weighted by Crippen LogP contribution is -2.08. The van der Waals surface area contributed by atoms with Crippen molar-refractivity contribution in [1.29, 1.82) is 0 Å². The van der Waals surface area contributed by atoms with E-state index in [0.717, 1.165) is 41.1 Å². The molecule has 1 saturated carbocycles. The summed E-state index contributed by atoms with van der Waals surface area (Å²) in [6.07, 6.45) is 8.29. The largest absolute Gasteiger partial charge is 0.458 e. The van der Waals surface area contributed by atoms with Gasteiger partial charge in [0, 0.05) is 5.39 Å². The van der Waals surface area contributed by atoms with Crippen molar-refractivity contribution >= 4 is 11.0 Å². The lowest BCUT2D eigenvalue weighted by molar-refractivity contribution is 0.129. The van der Waals surface area contributed by atoms with E-state index in [1.807, 2.05) is 31.2 Å². The molecule has 108 valence electrons. The van der Waals surface area contributed by atoms with Gasteiger partial charge in [-0.25, -0.2) is 0 Å². The minimum Gasteiger partial charge on any atom is -0.458 e. The van der Waals surface area contributed by atoms with Crippen LogP contribution in [-0.2, 0) is 0 Å². The summed E-state index contributed by atoms with van der Waals surface area (Å²) >= 11 is 0. The molecule has 1 heterocycles. The number of aliphatic hydroxyl groups is 1. The topological polar surface area (TPSA) is 33.4 Å². The molecule has 0 radical (unpaired) electrons. The molecular weight excluding hydrogens is 248 g/mol. The van der Waals surface area contributed by atoms with E-state index >= 15 is 0 Å². The van der Waals surface area contributed by atoms with E-state index in [9.17, 15) is 5.11 Å². The van der Waals surface area contributed by atoms with Crippen LogP contribution in [0.3, 0.4) is 0 Å². The summed E-state index contributed by atoms with van der Waals surface area (Å²) in [5, 5.41) is 11.4. The molecule has 0 saturated heterocycles. The number of aryl methyl sites for hydroxylation is 1. The molecule has 0 aliphatic heterocycles. The van der Waals surface area contributed by atoms with Crippen LogP contribution in [0.1, 0.15) is 62.4 Å². The summed E-state index contributed by atoms with van der Waals surface area (Å²) < 4.78 is 5.85. The standard InChI is InChI=1S/C18H24O2/c1-13-6-5-9-15-12-17(20-18(13)15)16(19)11-10-14-7-3-2-4-8-14/h5-6,9,12,14,16,19H,2-4,7-8,10-11H2,1H3. The molecule has 3 rings (SSSR count). The van der Waals surface area contributed by atoms with Crippen LogP contribution in [0.25, 0.3) is 11.0 Å². The van der Waals surface area contributed by atoms with Crippen LogP contribution < -0.4 is 0 Å². The van der Waals surface area contributed by atoms with Gasteiger partial charge in [-0.05, 0) is 37.3 Å². The van der Waals surface area contributed by atoms with Gasteiger partial charge < -0.3 is 9.52 Å². The number of para-hydroxylation sites is 1. The fourth-order valence-electron chi connectivity index (χ4n) is 3.40. The van der Waals surface area contributed by atoms with Crippen molar-refractivity contribution in [2.45, 2.75) is 58.0 Å². The first kappa shape index (κ1) is 13.7. The summed E-state index contributed by atoms with van der Waals surface area (Å²) in [6.45, 7) is 2.05. The monoisotopic (exact) mass is 272 g/mol. The van der Waals surface area contributed by atoms with E-state index in [1.54, 1.807) is 0 Å². The number of hydrogen-bond acceptors (Lipinski definition) is 2. The van der Waals surface area contributed by atoms with Crippen molar-refractivity contribution in [2.75, 3.05) is 0 Å². The summed E-state index contributed by atoms with van der Waals surface area (Å²) in [4.78, 5) is 0. The third-order valence-electron chi connectivity index (χ3n) is 4.66. The first-order valence-electron chi connectivity index (χ1n) is 7.91. The molecule has 1 aliphatic carbocycles. The molecule has 1 N–H and O–H groups in total. The third-order valence-corrected chi connectivity index (χ3v) is 4.66. The molecule has 1 aromatic carbocycles. The summed E-state index contributed by atoms with van der Waals surface area (Å²) in [5.41, 5.74) is 2.05. The zero-order valence-electron chi connectivity index (χ0n) is 12.3. The molecular formula is C18H24O2. The molecule has 2 aromatic rings. The minimum absolute atomic E-state index is 0.455. The minimum atomic E-state index is -0.455. The number of furan rings is 1.